The molecule has 0 unspecified atom stereocenters. The zero-order chi connectivity index (χ0) is 16.4. The van der Waals surface area contributed by atoms with Crippen LogP contribution in [0, 0.1) is 0 Å². The van der Waals surface area contributed by atoms with Crippen molar-refractivity contribution in [1.29, 1.82) is 0 Å². The van der Waals surface area contributed by atoms with Gasteiger partial charge in [-0.1, -0.05) is 29.8 Å². The molecule has 7 heteroatoms. The number of carbonyl (C=O) groups is 3. The molecule has 0 spiro atoms. The fraction of sp³-hybridized carbons (Fsp3) is 0.267. The summed E-state index contributed by atoms with van der Waals surface area (Å²) in [6, 6.07) is 7.07. The van der Waals surface area contributed by atoms with Gasteiger partial charge in [-0.25, -0.2) is 9.59 Å². The third-order valence-corrected chi connectivity index (χ3v) is 2.79. The second-order valence-electron chi connectivity index (χ2n) is 4.06. The summed E-state index contributed by atoms with van der Waals surface area (Å²) in [6.45, 7) is 1.64. The van der Waals surface area contributed by atoms with E-state index in [4.69, 9.17) is 11.6 Å². The maximum absolute atomic E-state index is 11.5. The molecule has 1 N–H and O–H groups in total. The molecular formula is C15H16ClNO5. The van der Waals surface area contributed by atoms with Gasteiger partial charge in [-0.3, -0.25) is 4.79 Å². The molecule has 1 amide bonds. The topological polar surface area (TPSA) is 81.7 Å². The summed E-state index contributed by atoms with van der Waals surface area (Å²) in [5, 5.41) is 3.10. The van der Waals surface area contributed by atoms with Crippen molar-refractivity contribution in [3.8, 4) is 0 Å². The molecule has 0 fully saturated rings. The van der Waals surface area contributed by atoms with Crippen molar-refractivity contribution >= 4 is 29.4 Å². The van der Waals surface area contributed by atoms with Crippen LogP contribution in [0.15, 0.2) is 36.4 Å². The van der Waals surface area contributed by atoms with Crippen LogP contribution in [0.1, 0.15) is 12.5 Å². The molecule has 0 heterocycles. The summed E-state index contributed by atoms with van der Waals surface area (Å²) in [4.78, 5) is 33.8. The van der Waals surface area contributed by atoms with Crippen LogP contribution >= 0.6 is 11.6 Å². The van der Waals surface area contributed by atoms with E-state index in [1.54, 1.807) is 31.2 Å². The van der Waals surface area contributed by atoms with E-state index >= 15 is 0 Å². The Morgan fingerprint density at radius 3 is 2.41 bits per heavy atom. The van der Waals surface area contributed by atoms with Crippen LogP contribution in [0.5, 0.6) is 0 Å². The van der Waals surface area contributed by atoms with Crippen LogP contribution in [-0.2, 0) is 30.4 Å². The molecule has 0 aromatic heterocycles. The van der Waals surface area contributed by atoms with Crippen molar-refractivity contribution in [3.63, 3.8) is 0 Å². The van der Waals surface area contributed by atoms with E-state index in [1.165, 1.54) is 0 Å². The summed E-state index contributed by atoms with van der Waals surface area (Å²) in [5.41, 5.74) is 0.756. The molecule has 0 bridgehead atoms. The van der Waals surface area contributed by atoms with Crippen LogP contribution in [0.3, 0.4) is 0 Å². The molecule has 1 rings (SSSR count). The highest BCUT2D eigenvalue weighted by molar-refractivity contribution is 6.31. The quantitative estimate of drug-likeness (QED) is 0.608. The lowest BCUT2D eigenvalue weighted by molar-refractivity contribution is -0.144. The van der Waals surface area contributed by atoms with Gasteiger partial charge in [0.1, 0.15) is 0 Å². The van der Waals surface area contributed by atoms with Gasteiger partial charge in [-0.15, -0.1) is 0 Å². The van der Waals surface area contributed by atoms with E-state index in [0.29, 0.717) is 5.02 Å². The number of rotatable bonds is 7. The number of esters is 2. The number of nitrogens with one attached hydrogen (secondary N) is 1. The molecule has 0 radical (unpaired) electrons. The molecule has 0 atom stereocenters. The second kappa shape index (κ2) is 9.57. The molecule has 0 aliphatic rings. The van der Waals surface area contributed by atoms with Gasteiger partial charge >= 0.3 is 11.9 Å². The van der Waals surface area contributed by atoms with Crippen LogP contribution in [0.4, 0.5) is 0 Å². The van der Waals surface area contributed by atoms with Gasteiger partial charge in [0, 0.05) is 23.7 Å². The fourth-order valence-corrected chi connectivity index (χ4v) is 1.60. The number of halogens is 1. The Balaban J connectivity index is 2.30. The van der Waals surface area contributed by atoms with Crippen LogP contribution < -0.4 is 5.32 Å². The van der Waals surface area contributed by atoms with Gasteiger partial charge in [0.25, 0.3) is 5.91 Å². The van der Waals surface area contributed by atoms with Gasteiger partial charge in [-0.2, -0.15) is 0 Å². The first kappa shape index (κ1) is 17.7. The third kappa shape index (κ3) is 6.90. The lowest BCUT2D eigenvalue weighted by Gasteiger charge is -2.06. The number of hydrogen-bond donors (Lipinski definition) is 1. The molecule has 0 saturated heterocycles. The number of hydrogen-bond acceptors (Lipinski definition) is 5. The predicted octanol–water partition coefficient (Wildman–Crippen LogP) is 1.62. The number of benzene rings is 1. The van der Waals surface area contributed by atoms with Crippen molar-refractivity contribution in [1.82, 2.24) is 5.32 Å². The van der Waals surface area contributed by atoms with E-state index in [0.717, 1.165) is 17.7 Å². The average molecular weight is 326 g/mol. The van der Waals surface area contributed by atoms with E-state index in [-0.39, 0.29) is 13.2 Å². The number of amides is 1. The zero-order valence-electron chi connectivity index (χ0n) is 12.0. The van der Waals surface area contributed by atoms with Gasteiger partial charge in [0.05, 0.1) is 6.61 Å². The molecule has 118 valence electrons. The van der Waals surface area contributed by atoms with E-state index in [1.807, 2.05) is 0 Å². The van der Waals surface area contributed by atoms with E-state index < -0.39 is 24.5 Å². The Labute approximate surface area is 133 Å². The molecular weight excluding hydrogens is 310 g/mol. The lowest BCUT2D eigenvalue weighted by Crippen LogP contribution is -2.28. The standard InChI is InChI=1S/C15H16ClNO5/c1-2-21-14(19)7-8-15(20)22-10-13(18)17-9-11-5-3-4-6-12(11)16/h3-8H,2,9-10H2,1H3,(H,17,18)/b8-7+. The van der Waals surface area contributed by atoms with Gasteiger partial charge in [-0.05, 0) is 18.6 Å². The highest BCUT2D eigenvalue weighted by Gasteiger charge is 2.07. The summed E-state index contributed by atoms with van der Waals surface area (Å²) in [7, 11) is 0. The Hall–Kier alpha value is -2.34. The van der Waals surface area contributed by atoms with Gasteiger partial charge in [0.15, 0.2) is 6.61 Å². The Morgan fingerprint density at radius 2 is 1.77 bits per heavy atom. The smallest absolute Gasteiger partial charge is 0.331 e. The highest BCUT2D eigenvalue weighted by atomic mass is 35.5. The molecule has 0 aliphatic heterocycles. The molecule has 0 aliphatic carbocycles. The summed E-state index contributed by atoms with van der Waals surface area (Å²) >= 11 is 5.94. The van der Waals surface area contributed by atoms with E-state index in [2.05, 4.69) is 14.8 Å². The van der Waals surface area contributed by atoms with Gasteiger partial charge < -0.3 is 14.8 Å². The molecule has 1 aromatic rings. The first-order valence-electron chi connectivity index (χ1n) is 6.54. The van der Waals surface area contributed by atoms with Crippen molar-refractivity contribution in [2.45, 2.75) is 13.5 Å². The van der Waals surface area contributed by atoms with Crippen LogP contribution in [-0.4, -0.2) is 31.1 Å². The minimum Gasteiger partial charge on any atom is -0.463 e. The summed E-state index contributed by atoms with van der Waals surface area (Å²) < 4.78 is 9.26. The summed E-state index contributed by atoms with van der Waals surface area (Å²) in [6.07, 6.45) is 1.84. The van der Waals surface area contributed by atoms with Crippen molar-refractivity contribution in [3.05, 3.63) is 47.0 Å². The maximum Gasteiger partial charge on any atom is 0.331 e. The average Bonchev–Trinajstić information content (AvgIpc) is 2.50. The molecule has 22 heavy (non-hydrogen) atoms. The maximum atomic E-state index is 11.5. The molecule has 6 nitrogen and oxygen atoms in total. The second-order valence-corrected chi connectivity index (χ2v) is 4.47. The minimum absolute atomic E-state index is 0.211. The van der Waals surface area contributed by atoms with Crippen molar-refractivity contribution < 1.29 is 23.9 Å². The monoisotopic (exact) mass is 325 g/mol. The Morgan fingerprint density at radius 1 is 1.14 bits per heavy atom. The number of carbonyl (C=O) groups excluding carboxylic acids is 3. The van der Waals surface area contributed by atoms with Crippen LogP contribution in [0.25, 0.3) is 0 Å². The van der Waals surface area contributed by atoms with Crippen molar-refractivity contribution in [2.75, 3.05) is 13.2 Å². The largest absolute Gasteiger partial charge is 0.463 e. The van der Waals surface area contributed by atoms with Crippen LogP contribution in [0.2, 0.25) is 5.02 Å². The third-order valence-electron chi connectivity index (χ3n) is 2.42. The number of ether oxygens (including phenoxy) is 2. The van der Waals surface area contributed by atoms with E-state index in [9.17, 15) is 14.4 Å². The molecule has 1 aromatic carbocycles. The normalized spacial score (nSPS) is 10.3. The fourth-order valence-electron chi connectivity index (χ4n) is 1.40. The highest BCUT2D eigenvalue weighted by Crippen LogP contribution is 2.14. The first-order chi connectivity index (χ1) is 10.5. The van der Waals surface area contributed by atoms with Crippen molar-refractivity contribution in [2.24, 2.45) is 0 Å². The summed E-state index contributed by atoms with van der Waals surface area (Å²) in [5.74, 6) is -1.93. The lowest BCUT2D eigenvalue weighted by atomic mass is 10.2. The SMILES string of the molecule is CCOC(=O)/C=C/C(=O)OCC(=O)NCc1ccccc1Cl. The van der Waals surface area contributed by atoms with Gasteiger partial charge in [0.2, 0.25) is 0 Å². The zero-order valence-corrected chi connectivity index (χ0v) is 12.8. The minimum atomic E-state index is -0.805. The Kier molecular flexibility index (Phi) is 7.70. The Bertz CT molecular complexity index is 571. The molecule has 0 saturated carbocycles. The first-order valence-corrected chi connectivity index (χ1v) is 6.92. The predicted molar refractivity (Wildman–Crippen MR) is 80.0 cm³/mol.